The van der Waals surface area contributed by atoms with Crippen LogP contribution in [0.2, 0.25) is 0 Å². The highest BCUT2D eigenvalue weighted by molar-refractivity contribution is 7.13. The van der Waals surface area contributed by atoms with Gasteiger partial charge in [0.15, 0.2) is 5.13 Å². The molecule has 1 amide bonds. The Balaban J connectivity index is 2.56. The van der Waals surface area contributed by atoms with Crippen LogP contribution in [-0.2, 0) is 16.0 Å². The summed E-state index contributed by atoms with van der Waals surface area (Å²) in [6.07, 6.45) is 0.0458. The average Bonchev–Trinajstić information content (AvgIpc) is 2.59. The molecule has 0 radical (unpaired) electrons. The number of amides is 1. The first-order valence-electron chi connectivity index (χ1n) is 5.12. The Kier molecular flexibility index (Phi) is 4.45. The van der Waals surface area contributed by atoms with Crippen LogP contribution in [-0.4, -0.2) is 28.0 Å². The van der Waals surface area contributed by atoms with E-state index >= 15 is 0 Å². The van der Waals surface area contributed by atoms with Crippen molar-refractivity contribution in [2.24, 2.45) is 5.92 Å². The summed E-state index contributed by atoms with van der Waals surface area (Å²) in [7, 11) is 0. The lowest BCUT2D eigenvalue weighted by molar-refractivity contribution is -0.143. The van der Waals surface area contributed by atoms with Gasteiger partial charge in [-0.05, 0) is 5.92 Å². The van der Waals surface area contributed by atoms with Gasteiger partial charge in [-0.1, -0.05) is 13.8 Å². The van der Waals surface area contributed by atoms with Crippen LogP contribution in [0.3, 0.4) is 0 Å². The summed E-state index contributed by atoms with van der Waals surface area (Å²) in [6, 6.07) is -0.876. The number of carbonyl (C=O) groups excluding carboxylic acids is 1. The first kappa shape index (κ1) is 13.4. The van der Waals surface area contributed by atoms with Gasteiger partial charge in [0.1, 0.15) is 6.04 Å². The fraction of sp³-hybridized carbons (Fsp3) is 0.500. The standard InChI is InChI=1S/C10H15N3O3S/c1-5(2)8(9(15)16)13-7(14)3-6-4-17-10(11)12-6/h4-5,8H,3H2,1-2H3,(H2,11,12)(H,13,14)(H,15,16)/t8-/m1/s1. The minimum atomic E-state index is -1.04. The first-order valence-corrected chi connectivity index (χ1v) is 6.00. The second kappa shape index (κ2) is 5.62. The second-order valence-electron chi connectivity index (χ2n) is 3.98. The van der Waals surface area contributed by atoms with Crippen LogP contribution >= 0.6 is 11.3 Å². The smallest absolute Gasteiger partial charge is 0.326 e. The number of carboxylic acids is 1. The Morgan fingerprint density at radius 2 is 2.24 bits per heavy atom. The van der Waals surface area contributed by atoms with Crippen molar-refractivity contribution in [2.45, 2.75) is 26.3 Å². The molecule has 7 heteroatoms. The molecule has 17 heavy (non-hydrogen) atoms. The van der Waals surface area contributed by atoms with E-state index in [1.807, 2.05) is 0 Å². The van der Waals surface area contributed by atoms with Crippen LogP contribution < -0.4 is 11.1 Å². The van der Waals surface area contributed by atoms with E-state index in [1.54, 1.807) is 19.2 Å². The molecule has 0 spiro atoms. The Bertz CT molecular complexity index is 417. The molecular weight excluding hydrogens is 242 g/mol. The van der Waals surface area contributed by atoms with Crippen LogP contribution in [0.1, 0.15) is 19.5 Å². The molecule has 1 heterocycles. The van der Waals surface area contributed by atoms with Gasteiger partial charge < -0.3 is 16.2 Å². The van der Waals surface area contributed by atoms with Gasteiger partial charge in [0.05, 0.1) is 12.1 Å². The van der Waals surface area contributed by atoms with Crippen LogP contribution in [0.4, 0.5) is 5.13 Å². The molecule has 0 aliphatic heterocycles. The summed E-state index contributed by atoms with van der Waals surface area (Å²) in [4.78, 5) is 26.4. The van der Waals surface area contributed by atoms with Crippen molar-refractivity contribution >= 4 is 28.3 Å². The van der Waals surface area contributed by atoms with E-state index in [1.165, 1.54) is 11.3 Å². The molecule has 0 unspecified atom stereocenters. The maximum Gasteiger partial charge on any atom is 0.326 e. The summed E-state index contributed by atoms with van der Waals surface area (Å²) >= 11 is 1.25. The molecule has 0 bridgehead atoms. The van der Waals surface area contributed by atoms with Gasteiger partial charge in [0, 0.05) is 5.38 Å². The number of nitrogens with one attached hydrogen (secondary N) is 1. The molecule has 1 aromatic rings. The number of hydrogen-bond donors (Lipinski definition) is 3. The lowest BCUT2D eigenvalue weighted by Gasteiger charge is -2.17. The van der Waals surface area contributed by atoms with E-state index < -0.39 is 12.0 Å². The third kappa shape index (κ3) is 4.03. The molecule has 0 saturated carbocycles. The molecule has 0 aliphatic rings. The summed E-state index contributed by atoms with van der Waals surface area (Å²) in [5, 5.41) is 13.4. The minimum absolute atomic E-state index is 0.0458. The quantitative estimate of drug-likeness (QED) is 0.712. The van der Waals surface area contributed by atoms with Crippen molar-refractivity contribution < 1.29 is 14.7 Å². The Morgan fingerprint density at radius 3 is 2.65 bits per heavy atom. The molecule has 1 rings (SSSR count). The molecule has 4 N–H and O–H groups in total. The molecule has 1 atom stereocenters. The Labute approximate surface area is 103 Å². The molecule has 0 fully saturated rings. The number of aliphatic carboxylic acids is 1. The lowest BCUT2D eigenvalue weighted by Crippen LogP contribution is -2.44. The van der Waals surface area contributed by atoms with Crippen molar-refractivity contribution in [3.63, 3.8) is 0 Å². The van der Waals surface area contributed by atoms with Crippen LogP contribution in [0.25, 0.3) is 0 Å². The average molecular weight is 257 g/mol. The van der Waals surface area contributed by atoms with E-state index in [9.17, 15) is 9.59 Å². The number of nitrogens with two attached hydrogens (primary N) is 1. The van der Waals surface area contributed by atoms with Crippen molar-refractivity contribution in [3.05, 3.63) is 11.1 Å². The molecule has 94 valence electrons. The lowest BCUT2D eigenvalue weighted by atomic mass is 10.0. The van der Waals surface area contributed by atoms with E-state index in [-0.39, 0.29) is 18.2 Å². The zero-order valence-corrected chi connectivity index (χ0v) is 10.5. The molecule has 0 aliphatic carbocycles. The highest BCUT2D eigenvalue weighted by Crippen LogP contribution is 2.11. The summed E-state index contributed by atoms with van der Waals surface area (Å²) in [5.74, 6) is -1.57. The van der Waals surface area contributed by atoms with Crippen molar-refractivity contribution in [3.8, 4) is 0 Å². The van der Waals surface area contributed by atoms with Crippen LogP contribution in [0.5, 0.6) is 0 Å². The predicted molar refractivity (Wildman–Crippen MR) is 64.6 cm³/mol. The van der Waals surface area contributed by atoms with Gasteiger partial charge in [-0.3, -0.25) is 4.79 Å². The van der Waals surface area contributed by atoms with Crippen molar-refractivity contribution in [1.29, 1.82) is 0 Å². The number of rotatable bonds is 5. The molecule has 6 nitrogen and oxygen atoms in total. The van der Waals surface area contributed by atoms with Crippen LogP contribution in [0.15, 0.2) is 5.38 Å². The van der Waals surface area contributed by atoms with Gasteiger partial charge in [0.2, 0.25) is 5.91 Å². The SMILES string of the molecule is CC(C)[C@@H](NC(=O)Cc1csc(N)n1)C(=O)O. The number of carbonyl (C=O) groups is 2. The highest BCUT2D eigenvalue weighted by Gasteiger charge is 2.23. The summed E-state index contributed by atoms with van der Waals surface area (Å²) < 4.78 is 0. The zero-order valence-electron chi connectivity index (χ0n) is 9.64. The van der Waals surface area contributed by atoms with E-state index in [0.29, 0.717) is 10.8 Å². The van der Waals surface area contributed by atoms with Gasteiger partial charge in [-0.25, -0.2) is 9.78 Å². The number of aromatic nitrogens is 1. The van der Waals surface area contributed by atoms with Gasteiger partial charge in [-0.15, -0.1) is 11.3 Å². The monoisotopic (exact) mass is 257 g/mol. The number of nitrogens with zero attached hydrogens (tertiary/aromatic N) is 1. The fourth-order valence-corrected chi connectivity index (χ4v) is 1.87. The second-order valence-corrected chi connectivity index (χ2v) is 4.87. The number of anilines is 1. The Morgan fingerprint density at radius 1 is 1.59 bits per heavy atom. The highest BCUT2D eigenvalue weighted by atomic mass is 32.1. The van der Waals surface area contributed by atoms with Gasteiger partial charge >= 0.3 is 5.97 Å². The Hall–Kier alpha value is -1.63. The van der Waals surface area contributed by atoms with E-state index in [0.717, 1.165) is 0 Å². The molecule has 0 saturated heterocycles. The number of nitrogen functional groups attached to an aromatic ring is 1. The maximum absolute atomic E-state index is 11.6. The predicted octanol–water partition coefficient (Wildman–Crippen LogP) is 0.493. The van der Waals surface area contributed by atoms with Gasteiger partial charge in [0.25, 0.3) is 0 Å². The third-order valence-electron chi connectivity index (χ3n) is 2.16. The molecule has 1 aromatic heterocycles. The van der Waals surface area contributed by atoms with Crippen molar-refractivity contribution in [1.82, 2.24) is 10.3 Å². The normalized spacial score (nSPS) is 12.4. The van der Waals surface area contributed by atoms with Gasteiger partial charge in [-0.2, -0.15) is 0 Å². The third-order valence-corrected chi connectivity index (χ3v) is 2.88. The number of hydrogen-bond acceptors (Lipinski definition) is 5. The number of carboxylic acid groups (broad SMARTS) is 1. The summed E-state index contributed by atoms with van der Waals surface area (Å²) in [5.41, 5.74) is 5.99. The molecular formula is C10H15N3O3S. The van der Waals surface area contributed by atoms with E-state index in [4.69, 9.17) is 10.8 Å². The molecule has 0 aromatic carbocycles. The maximum atomic E-state index is 11.6. The summed E-state index contributed by atoms with van der Waals surface area (Å²) in [6.45, 7) is 3.47. The first-order chi connectivity index (χ1) is 7.90. The topological polar surface area (TPSA) is 105 Å². The number of thiazole rings is 1. The fourth-order valence-electron chi connectivity index (χ4n) is 1.31. The van der Waals surface area contributed by atoms with Crippen LogP contribution in [0, 0.1) is 5.92 Å². The zero-order chi connectivity index (χ0) is 13.0. The van der Waals surface area contributed by atoms with Crippen molar-refractivity contribution in [2.75, 3.05) is 5.73 Å². The van der Waals surface area contributed by atoms with E-state index in [2.05, 4.69) is 10.3 Å². The largest absolute Gasteiger partial charge is 0.480 e. The minimum Gasteiger partial charge on any atom is -0.480 e.